The van der Waals surface area contributed by atoms with E-state index in [1.807, 2.05) is 6.07 Å². The predicted octanol–water partition coefficient (Wildman–Crippen LogP) is 0.955. The van der Waals surface area contributed by atoms with Crippen molar-refractivity contribution in [3.05, 3.63) is 29.3 Å². The van der Waals surface area contributed by atoms with E-state index in [1.54, 1.807) is 19.2 Å². The van der Waals surface area contributed by atoms with Gasteiger partial charge in [-0.15, -0.1) is 0 Å². The summed E-state index contributed by atoms with van der Waals surface area (Å²) in [5.74, 6) is 0.736. The SMILES string of the molecule is COCOc1ccc2c(c1)CCNC2=O. The highest BCUT2D eigenvalue weighted by Gasteiger charge is 2.16. The lowest BCUT2D eigenvalue weighted by Crippen LogP contribution is -2.31. The van der Waals surface area contributed by atoms with Crippen LogP contribution >= 0.6 is 0 Å². The van der Waals surface area contributed by atoms with Crippen molar-refractivity contribution in [2.75, 3.05) is 20.4 Å². The molecule has 0 bridgehead atoms. The Bertz CT molecular complexity index is 376. The van der Waals surface area contributed by atoms with E-state index in [-0.39, 0.29) is 12.7 Å². The van der Waals surface area contributed by atoms with Crippen molar-refractivity contribution in [3.63, 3.8) is 0 Å². The van der Waals surface area contributed by atoms with Crippen molar-refractivity contribution < 1.29 is 14.3 Å². The molecule has 4 nitrogen and oxygen atoms in total. The van der Waals surface area contributed by atoms with Crippen molar-refractivity contribution >= 4 is 5.91 Å². The van der Waals surface area contributed by atoms with E-state index < -0.39 is 0 Å². The molecule has 1 N–H and O–H groups in total. The zero-order valence-corrected chi connectivity index (χ0v) is 8.58. The minimum Gasteiger partial charge on any atom is -0.468 e. The zero-order chi connectivity index (χ0) is 10.7. The van der Waals surface area contributed by atoms with Gasteiger partial charge in [0.1, 0.15) is 5.75 Å². The number of amides is 1. The molecule has 4 heteroatoms. The molecule has 15 heavy (non-hydrogen) atoms. The van der Waals surface area contributed by atoms with Crippen molar-refractivity contribution in [2.45, 2.75) is 6.42 Å². The van der Waals surface area contributed by atoms with Crippen LogP contribution in [0.3, 0.4) is 0 Å². The van der Waals surface area contributed by atoms with Gasteiger partial charge < -0.3 is 14.8 Å². The highest BCUT2D eigenvalue weighted by atomic mass is 16.7. The Morgan fingerprint density at radius 2 is 2.33 bits per heavy atom. The zero-order valence-electron chi connectivity index (χ0n) is 8.58. The molecule has 1 aromatic carbocycles. The maximum absolute atomic E-state index is 11.4. The quantitative estimate of drug-likeness (QED) is 0.751. The summed E-state index contributed by atoms with van der Waals surface area (Å²) >= 11 is 0. The second kappa shape index (κ2) is 4.31. The van der Waals surface area contributed by atoms with E-state index in [0.717, 1.165) is 23.3 Å². The van der Waals surface area contributed by atoms with Crippen LogP contribution in [0.4, 0.5) is 0 Å². The van der Waals surface area contributed by atoms with Gasteiger partial charge in [-0.1, -0.05) is 0 Å². The molecule has 0 aliphatic carbocycles. The summed E-state index contributed by atoms with van der Waals surface area (Å²) in [7, 11) is 1.58. The van der Waals surface area contributed by atoms with Gasteiger partial charge in [0.2, 0.25) is 0 Å². The Labute approximate surface area is 88.2 Å². The molecule has 0 spiro atoms. The molecular weight excluding hydrogens is 194 g/mol. The van der Waals surface area contributed by atoms with Gasteiger partial charge in [0, 0.05) is 19.2 Å². The first kappa shape index (κ1) is 9.98. The summed E-state index contributed by atoms with van der Waals surface area (Å²) in [5, 5.41) is 2.80. The van der Waals surface area contributed by atoms with Crippen molar-refractivity contribution in [3.8, 4) is 5.75 Å². The maximum atomic E-state index is 11.4. The number of nitrogens with one attached hydrogen (secondary N) is 1. The number of fused-ring (bicyclic) bond motifs is 1. The van der Waals surface area contributed by atoms with Crippen LogP contribution in [0.2, 0.25) is 0 Å². The standard InChI is InChI=1S/C11H13NO3/c1-14-7-15-9-2-3-10-8(6-9)4-5-12-11(10)13/h2-3,6H,4-5,7H2,1H3,(H,12,13). The smallest absolute Gasteiger partial charge is 0.251 e. The normalized spacial score (nSPS) is 14.3. The molecule has 0 saturated carbocycles. The van der Waals surface area contributed by atoms with Crippen LogP contribution in [-0.2, 0) is 11.2 Å². The number of hydrogen-bond acceptors (Lipinski definition) is 3. The lowest BCUT2D eigenvalue weighted by Gasteiger charge is -2.17. The first-order valence-corrected chi connectivity index (χ1v) is 4.84. The van der Waals surface area contributed by atoms with Crippen LogP contribution in [0, 0.1) is 0 Å². The fourth-order valence-electron chi connectivity index (χ4n) is 1.62. The number of carbonyl (C=O) groups excluding carboxylic acids is 1. The number of methoxy groups -OCH3 is 1. The highest BCUT2D eigenvalue weighted by Crippen LogP contribution is 2.20. The molecule has 0 unspecified atom stereocenters. The maximum Gasteiger partial charge on any atom is 0.251 e. The molecule has 2 rings (SSSR count). The van der Waals surface area contributed by atoms with Gasteiger partial charge in [-0.05, 0) is 30.2 Å². The third kappa shape index (κ3) is 2.10. The van der Waals surface area contributed by atoms with E-state index in [9.17, 15) is 4.79 Å². The molecular formula is C11H13NO3. The third-order valence-corrected chi connectivity index (χ3v) is 2.34. The third-order valence-electron chi connectivity index (χ3n) is 2.34. The Balaban J connectivity index is 2.21. The van der Waals surface area contributed by atoms with Gasteiger partial charge in [-0.2, -0.15) is 0 Å². The van der Waals surface area contributed by atoms with Crippen LogP contribution in [0.15, 0.2) is 18.2 Å². The van der Waals surface area contributed by atoms with Gasteiger partial charge in [-0.3, -0.25) is 4.79 Å². The van der Waals surface area contributed by atoms with Crippen LogP contribution in [0.5, 0.6) is 5.75 Å². The summed E-state index contributed by atoms with van der Waals surface area (Å²) in [5.41, 5.74) is 1.78. The highest BCUT2D eigenvalue weighted by molar-refractivity contribution is 5.96. The monoisotopic (exact) mass is 207 g/mol. The first-order chi connectivity index (χ1) is 7.31. The summed E-state index contributed by atoms with van der Waals surface area (Å²) in [4.78, 5) is 11.4. The van der Waals surface area contributed by atoms with Crippen LogP contribution < -0.4 is 10.1 Å². The fourth-order valence-corrected chi connectivity index (χ4v) is 1.62. The molecule has 1 aliphatic heterocycles. The summed E-state index contributed by atoms with van der Waals surface area (Å²) in [6, 6.07) is 5.46. The molecule has 0 aromatic heterocycles. The fraction of sp³-hybridized carbons (Fsp3) is 0.364. The molecule has 0 atom stereocenters. The minimum atomic E-state index is -0.00505. The Hall–Kier alpha value is -1.55. The van der Waals surface area contributed by atoms with Gasteiger partial charge in [0.05, 0.1) is 0 Å². The van der Waals surface area contributed by atoms with Gasteiger partial charge >= 0.3 is 0 Å². The lowest BCUT2D eigenvalue weighted by molar-refractivity contribution is 0.0510. The molecule has 1 amide bonds. The molecule has 1 aliphatic rings. The molecule has 0 saturated heterocycles. The van der Waals surface area contributed by atoms with Crippen molar-refractivity contribution in [1.82, 2.24) is 5.32 Å². The summed E-state index contributed by atoms with van der Waals surface area (Å²) in [6.45, 7) is 0.921. The van der Waals surface area contributed by atoms with Crippen molar-refractivity contribution in [1.29, 1.82) is 0 Å². The number of carbonyl (C=O) groups is 1. The Morgan fingerprint density at radius 1 is 1.47 bits per heavy atom. The van der Waals surface area contributed by atoms with E-state index in [0.29, 0.717) is 6.54 Å². The largest absolute Gasteiger partial charge is 0.468 e. The summed E-state index contributed by atoms with van der Waals surface area (Å²) < 4.78 is 10.1. The van der Waals surface area contributed by atoms with E-state index in [4.69, 9.17) is 9.47 Å². The average Bonchev–Trinajstić information content (AvgIpc) is 2.26. The number of ether oxygens (including phenoxy) is 2. The van der Waals surface area contributed by atoms with E-state index in [2.05, 4.69) is 5.32 Å². The van der Waals surface area contributed by atoms with Crippen molar-refractivity contribution in [2.24, 2.45) is 0 Å². The average molecular weight is 207 g/mol. The lowest BCUT2D eigenvalue weighted by atomic mass is 10.0. The van der Waals surface area contributed by atoms with Crippen LogP contribution in [0.1, 0.15) is 15.9 Å². The molecule has 80 valence electrons. The van der Waals surface area contributed by atoms with Crippen LogP contribution in [-0.4, -0.2) is 26.4 Å². The van der Waals surface area contributed by atoms with Gasteiger partial charge in [0.25, 0.3) is 5.91 Å². The molecule has 0 radical (unpaired) electrons. The first-order valence-electron chi connectivity index (χ1n) is 4.84. The van der Waals surface area contributed by atoms with E-state index >= 15 is 0 Å². The topological polar surface area (TPSA) is 47.6 Å². The summed E-state index contributed by atoms with van der Waals surface area (Å²) in [6.07, 6.45) is 0.852. The van der Waals surface area contributed by atoms with Crippen LogP contribution in [0.25, 0.3) is 0 Å². The van der Waals surface area contributed by atoms with E-state index in [1.165, 1.54) is 0 Å². The number of hydrogen-bond donors (Lipinski definition) is 1. The Kier molecular flexibility index (Phi) is 2.87. The predicted molar refractivity (Wildman–Crippen MR) is 55.0 cm³/mol. The molecule has 1 heterocycles. The number of benzene rings is 1. The Morgan fingerprint density at radius 3 is 3.13 bits per heavy atom. The second-order valence-electron chi connectivity index (χ2n) is 3.38. The molecule has 0 fully saturated rings. The number of rotatable bonds is 3. The van der Waals surface area contributed by atoms with Gasteiger partial charge in [0.15, 0.2) is 6.79 Å². The second-order valence-corrected chi connectivity index (χ2v) is 3.38. The minimum absolute atomic E-state index is 0.00505. The molecule has 1 aromatic rings. The van der Waals surface area contributed by atoms with Gasteiger partial charge in [-0.25, -0.2) is 0 Å².